The molecule has 2 aromatic rings. The predicted octanol–water partition coefficient (Wildman–Crippen LogP) is 2.50. The molecule has 0 bridgehead atoms. The van der Waals surface area contributed by atoms with Crippen LogP contribution >= 0.6 is 0 Å². The zero-order chi connectivity index (χ0) is 11.8. The lowest BCUT2D eigenvalue weighted by molar-refractivity contribution is 0.247. The van der Waals surface area contributed by atoms with Gasteiger partial charge >= 0.3 is 6.03 Å². The molecule has 1 aliphatic rings. The maximum absolute atomic E-state index is 11.1. The number of carbonyl (C=O) groups excluding carboxylic acids is 1. The number of hydrogen-bond acceptors (Lipinski definition) is 1. The van der Waals surface area contributed by atoms with Crippen LogP contribution in [0.5, 0.6) is 0 Å². The second-order valence-corrected chi connectivity index (χ2v) is 4.52. The molecule has 0 saturated carbocycles. The zero-order valence-electron chi connectivity index (χ0n) is 9.66. The summed E-state index contributed by atoms with van der Waals surface area (Å²) < 4.78 is 0. The summed E-state index contributed by atoms with van der Waals surface area (Å²) in [6, 6.07) is 12.8. The summed E-state index contributed by atoms with van der Waals surface area (Å²) >= 11 is 0. The molecule has 1 fully saturated rings. The fourth-order valence-corrected chi connectivity index (χ4v) is 2.26. The van der Waals surface area contributed by atoms with Crippen molar-refractivity contribution in [3.05, 3.63) is 47.5 Å². The standard InChI is InChI=1S/C14H14N2O/c1-9-2-3-11-7-12(5-4-10(11)6-9)13-8-15-14(17)16-13/h2-7,13H,8H2,1H3,(H2,15,16,17). The molecule has 1 heterocycles. The van der Waals surface area contributed by atoms with Crippen LogP contribution in [-0.2, 0) is 0 Å². The van der Waals surface area contributed by atoms with E-state index in [9.17, 15) is 4.79 Å². The number of rotatable bonds is 1. The van der Waals surface area contributed by atoms with Gasteiger partial charge in [0.2, 0.25) is 0 Å². The molecule has 3 nitrogen and oxygen atoms in total. The second-order valence-electron chi connectivity index (χ2n) is 4.52. The molecule has 3 rings (SSSR count). The van der Waals surface area contributed by atoms with Crippen molar-refractivity contribution >= 4 is 16.8 Å². The number of benzene rings is 2. The maximum Gasteiger partial charge on any atom is 0.315 e. The van der Waals surface area contributed by atoms with Gasteiger partial charge in [-0.15, -0.1) is 0 Å². The van der Waals surface area contributed by atoms with Gasteiger partial charge in [0.05, 0.1) is 6.04 Å². The van der Waals surface area contributed by atoms with E-state index < -0.39 is 0 Å². The Morgan fingerprint density at radius 2 is 1.88 bits per heavy atom. The summed E-state index contributed by atoms with van der Waals surface area (Å²) in [5.74, 6) is 0. The van der Waals surface area contributed by atoms with Crippen molar-refractivity contribution < 1.29 is 4.79 Å². The van der Waals surface area contributed by atoms with Crippen LogP contribution in [0.25, 0.3) is 10.8 Å². The molecule has 86 valence electrons. The van der Waals surface area contributed by atoms with E-state index in [0.29, 0.717) is 6.54 Å². The molecule has 3 heteroatoms. The summed E-state index contributed by atoms with van der Waals surface area (Å²) in [5.41, 5.74) is 2.42. The van der Waals surface area contributed by atoms with Crippen molar-refractivity contribution in [2.75, 3.05) is 6.54 Å². The molecule has 17 heavy (non-hydrogen) atoms. The Bertz CT molecular complexity index is 592. The first kappa shape index (κ1) is 10.1. The van der Waals surface area contributed by atoms with Gasteiger partial charge in [-0.1, -0.05) is 35.9 Å². The van der Waals surface area contributed by atoms with Gasteiger partial charge < -0.3 is 10.6 Å². The largest absolute Gasteiger partial charge is 0.336 e. The Balaban J connectivity index is 2.02. The number of nitrogens with one attached hydrogen (secondary N) is 2. The van der Waals surface area contributed by atoms with Crippen molar-refractivity contribution in [3.63, 3.8) is 0 Å². The summed E-state index contributed by atoms with van der Waals surface area (Å²) in [6.07, 6.45) is 0. The highest BCUT2D eigenvalue weighted by Gasteiger charge is 2.21. The van der Waals surface area contributed by atoms with Crippen LogP contribution in [-0.4, -0.2) is 12.6 Å². The molecule has 0 aromatic heterocycles. The summed E-state index contributed by atoms with van der Waals surface area (Å²) in [7, 11) is 0. The maximum atomic E-state index is 11.1. The van der Waals surface area contributed by atoms with Crippen LogP contribution < -0.4 is 10.6 Å². The minimum Gasteiger partial charge on any atom is -0.336 e. The Morgan fingerprint density at radius 3 is 2.65 bits per heavy atom. The fraction of sp³-hybridized carbons (Fsp3) is 0.214. The van der Waals surface area contributed by atoms with Gasteiger partial charge in [-0.2, -0.15) is 0 Å². The molecule has 1 atom stereocenters. The van der Waals surface area contributed by atoms with Gasteiger partial charge in [-0.3, -0.25) is 0 Å². The number of fused-ring (bicyclic) bond motifs is 1. The van der Waals surface area contributed by atoms with Gasteiger partial charge in [-0.05, 0) is 29.3 Å². The van der Waals surface area contributed by atoms with Gasteiger partial charge in [0.25, 0.3) is 0 Å². The highest BCUT2D eigenvalue weighted by molar-refractivity contribution is 5.84. The third-order valence-corrected chi connectivity index (χ3v) is 3.19. The Kier molecular flexibility index (Phi) is 2.25. The predicted molar refractivity (Wildman–Crippen MR) is 68.0 cm³/mol. The van der Waals surface area contributed by atoms with E-state index in [-0.39, 0.29) is 12.1 Å². The first-order valence-electron chi connectivity index (χ1n) is 5.77. The van der Waals surface area contributed by atoms with Crippen LogP contribution in [0.15, 0.2) is 36.4 Å². The van der Waals surface area contributed by atoms with E-state index >= 15 is 0 Å². The second kappa shape index (κ2) is 3.77. The topological polar surface area (TPSA) is 41.1 Å². The van der Waals surface area contributed by atoms with Gasteiger partial charge in [0.15, 0.2) is 0 Å². The van der Waals surface area contributed by atoms with Crippen molar-refractivity contribution in [2.24, 2.45) is 0 Å². The fourth-order valence-electron chi connectivity index (χ4n) is 2.26. The van der Waals surface area contributed by atoms with Crippen molar-refractivity contribution in [2.45, 2.75) is 13.0 Å². The molecular formula is C14H14N2O. The zero-order valence-corrected chi connectivity index (χ0v) is 9.66. The molecule has 1 saturated heterocycles. The average molecular weight is 226 g/mol. The Morgan fingerprint density at radius 1 is 1.12 bits per heavy atom. The molecule has 1 aliphatic heterocycles. The normalized spacial score (nSPS) is 19.1. The molecule has 2 N–H and O–H groups in total. The summed E-state index contributed by atoms with van der Waals surface area (Å²) in [6.45, 7) is 2.75. The lowest BCUT2D eigenvalue weighted by Crippen LogP contribution is -2.21. The highest BCUT2D eigenvalue weighted by Crippen LogP contribution is 2.22. The van der Waals surface area contributed by atoms with Crippen molar-refractivity contribution in [3.8, 4) is 0 Å². The van der Waals surface area contributed by atoms with E-state index in [1.807, 2.05) is 0 Å². The molecule has 0 aliphatic carbocycles. The average Bonchev–Trinajstić information content (AvgIpc) is 2.75. The van der Waals surface area contributed by atoms with E-state index in [4.69, 9.17) is 0 Å². The van der Waals surface area contributed by atoms with Crippen LogP contribution in [0.2, 0.25) is 0 Å². The lowest BCUT2D eigenvalue weighted by atomic mass is 10.0. The van der Waals surface area contributed by atoms with Crippen LogP contribution in [0.3, 0.4) is 0 Å². The lowest BCUT2D eigenvalue weighted by Gasteiger charge is -2.10. The van der Waals surface area contributed by atoms with Gasteiger partial charge in [0, 0.05) is 6.54 Å². The Labute approximate surface area is 99.8 Å². The number of urea groups is 1. The van der Waals surface area contributed by atoms with Gasteiger partial charge in [-0.25, -0.2) is 4.79 Å². The molecule has 1 unspecified atom stereocenters. The quantitative estimate of drug-likeness (QED) is 0.770. The SMILES string of the molecule is Cc1ccc2cc(C3CNC(=O)N3)ccc2c1. The van der Waals surface area contributed by atoms with Crippen LogP contribution in [0.1, 0.15) is 17.2 Å². The van der Waals surface area contributed by atoms with E-state index in [2.05, 4.69) is 54.0 Å². The number of hydrogen-bond donors (Lipinski definition) is 2. The minimum absolute atomic E-state index is 0.0843. The Hall–Kier alpha value is -2.03. The number of amides is 2. The third-order valence-electron chi connectivity index (χ3n) is 3.19. The summed E-state index contributed by atoms with van der Waals surface area (Å²) in [4.78, 5) is 11.1. The molecule has 2 amide bonds. The molecule has 2 aromatic carbocycles. The first-order valence-corrected chi connectivity index (χ1v) is 5.77. The number of aryl methyl sites for hydroxylation is 1. The minimum atomic E-state index is -0.0843. The van der Waals surface area contributed by atoms with Gasteiger partial charge in [0.1, 0.15) is 0 Å². The first-order chi connectivity index (χ1) is 8.22. The third kappa shape index (κ3) is 1.84. The molecule has 0 radical (unpaired) electrons. The number of carbonyl (C=O) groups is 1. The molecule has 0 spiro atoms. The van der Waals surface area contributed by atoms with Crippen molar-refractivity contribution in [1.29, 1.82) is 0 Å². The highest BCUT2D eigenvalue weighted by atomic mass is 16.2. The summed E-state index contributed by atoms with van der Waals surface area (Å²) in [5, 5.41) is 8.13. The van der Waals surface area contributed by atoms with E-state index in [1.54, 1.807) is 0 Å². The van der Waals surface area contributed by atoms with Crippen LogP contribution in [0, 0.1) is 6.92 Å². The smallest absolute Gasteiger partial charge is 0.315 e. The monoisotopic (exact) mass is 226 g/mol. The molecular weight excluding hydrogens is 212 g/mol. The van der Waals surface area contributed by atoms with E-state index in [1.165, 1.54) is 16.3 Å². The van der Waals surface area contributed by atoms with Crippen molar-refractivity contribution in [1.82, 2.24) is 10.6 Å². The van der Waals surface area contributed by atoms with Crippen LogP contribution in [0.4, 0.5) is 4.79 Å². The van der Waals surface area contributed by atoms with E-state index in [0.717, 1.165) is 5.56 Å².